The minimum absolute atomic E-state index is 0.000335. The van der Waals surface area contributed by atoms with Crippen LogP contribution in [0.2, 0.25) is 0 Å². The Morgan fingerprint density at radius 2 is 2.33 bits per heavy atom. The number of ketones is 1. The molecule has 0 atom stereocenters. The molecule has 0 saturated carbocycles. The zero-order chi connectivity index (χ0) is 11.1. The van der Waals surface area contributed by atoms with Gasteiger partial charge in [-0.1, -0.05) is 34.1 Å². The van der Waals surface area contributed by atoms with Gasteiger partial charge in [-0.25, -0.2) is 0 Å². The van der Waals surface area contributed by atoms with E-state index in [-0.39, 0.29) is 12.4 Å². The Morgan fingerprint density at radius 3 is 3.00 bits per heavy atom. The number of carbonyl (C=O) groups is 1. The first-order valence-electron chi connectivity index (χ1n) is 4.71. The molecule has 0 amide bonds. The average molecular weight is 269 g/mol. The van der Waals surface area contributed by atoms with Crippen LogP contribution in [0.5, 0.6) is 0 Å². The summed E-state index contributed by atoms with van der Waals surface area (Å²) in [6, 6.07) is 7.29. The Labute approximate surface area is 98.1 Å². The summed E-state index contributed by atoms with van der Waals surface area (Å²) >= 11 is 3.32. The fourth-order valence-electron chi connectivity index (χ4n) is 1.08. The van der Waals surface area contributed by atoms with Crippen molar-refractivity contribution in [3.8, 4) is 0 Å². The molecule has 1 aromatic carbocycles. The fraction of sp³-hybridized carbons (Fsp3) is 0.250. The molecule has 0 aliphatic rings. The first-order valence-corrected chi connectivity index (χ1v) is 5.50. The summed E-state index contributed by atoms with van der Waals surface area (Å²) < 4.78 is 6.10. The highest BCUT2D eigenvalue weighted by molar-refractivity contribution is 9.10. The smallest absolute Gasteiger partial charge is 0.188 e. The Morgan fingerprint density at radius 1 is 1.53 bits per heavy atom. The summed E-state index contributed by atoms with van der Waals surface area (Å²) in [5, 5.41) is 0. The molecule has 0 aromatic heterocycles. The van der Waals surface area contributed by atoms with Gasteiger partial charge in [0.15, 0.2) is 5.78 Å². The molecule has 0 radical (unpaired) electrons. The van der Waals surface area contributed by atoms with Crippen molar-refractivity contribution < 1.29 is 9.53 Å². The minimum Gasteiger partial charge on any atom is -0.373 e. The summed E-state index contributed by atoms with van der Waals surface area (Å²) in [6.45, 7) is 4.25. The van der Waals surface area contributed by atoms with Crippen LogP contribution in [0, 0.1) is 0 Å². The van der Waals surface area contributed by atoms with E-state index in [0.717, 1.165) is 10.9 Å². The van der Waals surface area contributed by atoms with Crippen LogP contribution in [-0.4, -0.2) is 19.0 Å². The molecule has 0 N–H and O–H groups in total. The molecule has 0 aliphatic carbocycles. The van der Waals surface area contributed by atoms with Gasteiger partial charge in [0.25, 0.3) is 0 Å². The molecule has 1 rings (SSSR count). The van der Waals surface area contributed by atoms with E-state index < -0.39 is 0 Å². The molecule has 0 heterocycles. The molecule has 0 aliphatic heterocycles. The van der Waals surface area contributed by atoms with Crippen molar-refractivity contribution in [2.24, 2.45) is 0 Å². The minimum atomic E-state index is 0.000335. The Hall–Kier alpha value is -0.930. The third kappa shape index (κ3) is 4.40. The highest BCUT2D eigenvalue weighted by atomic mass is 79.9. The SMILES string of the molecule is C=CCCOCC(=O)c1cccc(Br)c1. The monoisotopic (exact) mass is 268 g/mol. The summed E-state index contributed by atoms with van der Waals surface area (Å²) in [5.41, 5.74) is 0.669. The third-order valence-corrected chi connectivity index (χ3v) is 2.34. The largest absolute Gasteiger partial charge is 0.373 e. The lowest BCUT2D eigenvalue weighted by atomic mass is 10.1. The summed E-state index contributed by atoms with van der Waals surface area (Å²) in [4.78, 5) is 11.6. The van der Waals surface area contributed by atoms with Crippen LogP contribution in [0.15, 0.2) is 41.4 Å². The quantitative estimate of drug-likeness (QED) is 0.450. The van der Waals surface area contributed by atoms with Gasteiger partial charge >= 0.3 is 0 Å². The summed E-state index contributed by atoms with van der Waals surface area (Å²) in [5.74, 6) is 0.000335. The number of hydrogen-bond acceptors (Lipinski definition) is 2. The van der Waals surface area contributed by atoms with Gasteiger partial charge in [-0.15, -0.1) is 6.58 Å². The normalized spacial score (nSPS) is 9.93. The van der Waals surface area contributed by atoms with E-state index in [1.165, 1.54) is 0 Å². The van der Waals surface area contributed by atoms with Crippen LogP contribution in [0.1, 0.15) is 16.8 Å². The zero-order valence-corrected chi connectivity index (χ0v) is 10.00. The van der Waals surface area contributed by atoms with Crippen LogP contribution in [0.3, 0.4) is 0 Å². The molecule has 0 unspecified atom stereocenters. The Balaban J connectivity index is 2.43. The van der Waals surface area contributed by atoms with Gasteiger partial charge < -0.3 is 4.74 Å². The summed E-state index contributed by atoms with van der Waals surface area (Å²) in [6.07, 6.45) is 2.54. The van der Waals surface area contributed by atoms with Crippen LogP contribution in [0.25, 0.3) is 0 Å². The molecule has 1 aromatic rings. The second-order valence-electron chi connectivity index (χ2n) is 3.06. The van der Waals surface area contributed by atoms with Crippen molar-refractivity contribution in [2.75, 3.05) is 13.2 Å². The Kier molecular flexibility index (Phi) is 5.29. The number of ether oxygens (including phenoxy) is 1. The second kappa shape index (κ2) is 6.53. The van der Waals surface area contributed by atoms with E-state index in [1.807, 2.05) is 12.1 Å². The molecular formula is C12H13BrO2. The van der Waals surface area contributed by atoms with Crippen molar-refractivity contribution in [3.05, 3.63) is 47.0 Å². The number of rotatable bonds is 6. The summed E-state index contributed by atoms with van der Waals surface area (Å²) in [7, 11) is 0. The molecule has 2 nitrogen and oxygen atoms in total. The molecule has 80 valence electrons. The maximum absolute atomic E-state index is 11.6. The maximum Gasteiger partial charge on any atom is 0.188 e. The molecular weight excluding hydrogens is 256 g/mol. The van der Waals surface area contributed by atoms with Crippen molar-refractivity contribution in [3.63, 3.8) is 0 Å². The number of Topliss-reactive ketones (excluding diaryl/α,β-unsaturated/α-hetero) is 1. The zero-order valence-electron chi connectivity index (χ0n) is 8.41. The number of benzene rings is 1. The van der Waals surface area contributed by atoms with Gasteiger partial charge in [0.1, 0.15) is 6.61 Å². The van der Waals surface area contributed by atoms with E-state index in [0.29, 0.717) is 12.2 Å². The lowest BCUT2D eigenvalue weighted by Crippen LogP contribution is -2.09. The molecule has 0 bridgehead atoms. The fourth-order valence-corrected chi connectivity index (χ4v) is 1.48. The highest BCUT2D eigenvalue weighted by Crippen LogP contribution is 2.12. The average Bonchev–Trinajstić information content (AvgIpc) is 2.24. The van der Waals surface area contributed by atoms with E-state index in [2.05, 4.69) is 22.5 Å². The van der Waals surface area contributed by atoms with E-state index in [1.54, 1.807) is 18.2 Å². The predicted molar refractivity (Wildman–Crippen MR) is 64.1 cm³/mol. The molecule has 0 spiro atoms. The lowest BCUT2D eigenvalue weighted by molar-refractivity contribution is 0.0768. The molecule has 0 fully saturated rings. The van der Waals surface area contributed by atoms with Gasteiger partial charge in [0.2, 0.25) is 0 Å². The third-order valence-electron chi connectivity index (χ3n) is 1.85. The van der Waals surface area contributed by atoms with Crippen molar-refractivity contribution in [2.45, 2.75) is 6.42 Å². The number of halogens is 1. The van der Waals surface area contributed by atoms with Crippen molar-refractivity contribution in [1.29, 1.82) is 0 Å². The van der Waals surface area contributed by atoms with E-state index >= 15 is 0 Å². The number of hydrogen-bond donors (Lipinski definition) is 0. The van der Waals surface area contributed by atoms with Crippen molar-refractivity contribution in [1.82, 2.24) is 0 Å². The van der Waals surface area contributed by atoms with E-state index in [9.17, 15) is 4.79 Å². The maximum atomic E-state index is 11.6. The van der Waals surface area contributed by atoms with Crippen LogP contribution >= 0.6 is 15.9 Å². The predicted octanol–water partition coefficient (Wildman–Crippen LogP) is 3.22. The molecule has 0 saturated heterocycles. The van der Waals surface area contributed by atoms with Crippen LogP contribution in [-0.2, 0) is 4.74 Å². The van der Waals surface area contributed by atoms with Gasteiger partial charge in [0, 0.05) is 10.0 Å². The van der Waals surface area contributed by atoms with Gasteiger partial charge in [-0.3, -0.25) is 4.79 Å². The van der Waals surface area contributed by atoms with Crippen LogP contribution < -0.4 is 0 Å². The van der Waals surface area contributed by atoms with Crippen molar-refractivity contribution >= 4 is 21.7 Å². The van der Waals surface area contributed by atoms with E-state index in [4.69, 9.17) is 4.74 Å². The second-order valence-corrected chi connectivity index (χ2v) is 3.98. The van der Waals surface area contributed by atoms with Gasteiger partial charge in [-0.05, 0) is 18.6 Å². The number of carbonyl (C=O) groups excluding carboxylic acids is 1. The first-order chi connectivity index (χ1) is 7.24. The van der Waals surface area contributed by atoms with Gasteiger partial charge in [-0.2, -0.15) is 0 Å². The lowest BCUT2D eigenvalue weighted by Gasteiger charge is -2.02. The van der Waals surface area contributed by atoms with Crippen LogP contribution in [0.4, 0.5) is 0 Å². The Bertz CT molecular complexity index is 347. The topological polar surface area (TPSA) is 26.3 Å². The standard InChI is InChI=1S/C12H13BrO2/c1-2-3-7-15-9-12(14)10-5-4-6-11(13)8-10/h2,4-6,8H,1,3,7,9H2. The molecule has 3 heteroatoms. The first kappa shape index (κ1) is 12.1. The highest BCUT2D eigenvalue weighted by Gasteiger charge is 2.05. The molecule has 15 heavy (non-hydrogen) atoms. The van der Waals surface area contributed by atoms with Gasteiger partial charge in [0.05, 0.1) is 6.61 Å².